The molecular formula is C30H34Cl2N2O6S. The summed E-state index contributed by atoms with van der Waals surface area (Å²) in [5.74, 6) is -0.656. The molecule has 0 heterocycles. The van der Waals surface area contributed by atoms with E-state index in [-0.39, 0.29) is 39.0 Å². The Morgan fingerprint density at radius 1 is 0.951 bits per heavy atom. The number of benzene rings is 3. The molecule has 0 aliphatic carbocycles. The molecule has 11 heteroatoms. The predicted molar refractivity (Wildman–Crippen MR) is 163 cm³/mol. The van der Waals surface area contributed by atoms with E-state index in [1.54, 1.807) is 19.1 Å². The number of ether oxygens (including phenoxy) is 1. The Kier molecular flexibility index (Phi) is 11.5. The Labute approximate surface area is 250 Å². The van der Waals surface area contributed by atoms with E-state index >= 15 is 0 Å². The first-order chi connectivity index (χ1) is 19.5. The first-order valence-electron chi connectivity index (χ1n) is 13.3. The van der Waals surface area contributed by atoms with Crippen LogP contribution in [0.3, 0.4) is 0 Å². The van der Waals surface area contributed by atoms with Crippen molar-refractivity contribution in [1.29, 1.82) is 0 Å². The fourth-order valence-corrected chi connectivity index (χ4v) is 6.00. The van der Waals surface area contributed by atoms with Gasteiger partial charge in [-0.25, -0.2) is 8.42 Å². The molecule has 41 heavy (non-hydrogen) atoms. The highest BCUT2D eigenvalue weighted by Gasteiger charge is 2.32. The number of anilines is 2. The van der Waals surface area contributed by atoms with Crippen LogP contribution in [0.2, 0.25) is 10.0 Å². The monoisotopic (exact) mass is 620 g/mol. The van der Waals surface area contributed by atoms with Crippen LogP contribution in [-0.2, 0) is 14.6 Å². The quantitative estimate of drug-likeness (QED) is 0.172. The molecule has 0 saturated carbocycles. The number of phenolic OH excluding ortho intramolecular Hbond substituents is 1. The Hall–Kier alpha value is -3.27. The number of hydrogen-bond donors (Lipinski definition) is 3. The summed E-state index contributed by atoms with van der Waals surface area (Å²) in [6, 6.07) is 14.5. The molecular weight excluding hydrogens is 587 g/mol. The summed E-state index contributed by atoms with van der Waals surface area (Å²) in [4.78, 5) is 25.6. The van der Waals surface area contributed by atoms with E-state index in [1.165, 1.54) is 48.5 Å². The summed E-state index contributed by atoms with van der Waals surface area (Å²) in [5.41, 5.74) is 0.476. The van der Waals surface area contributed by atoms with Crippen molar-refractivity contribution in [2.45, 2.75) is 56.6 Å². The number of phenols is 1. The second kappa shape index (κ2) is 14.6. The third-order valence-electron chi connectivity index (χ3n) is 6.47. The van der Waals surface area contributed by atoms with Gasteiger partial charge in [0.15, 0.2) is 9.84 Å². The van der Waals surface area contributed by atoms with Gasteiger partial charge in [0.25, 0.3) is 5.91 Å². The van der Waals surface area contributed by atoms with Crippen LogP contribution < -0.4 is 15.4 Å². The topological polar surface area (TPSA) is 122 Å². The van der Waals surface area contributed by atoms with E-state index < -0.39 is 26.9 Å². The molecule has 0 bridgehead atoms. The SMILES string of the molecule is CCCCC(C)COc1ccc(S(=O)(=O)C(CC)C(=O)Nc2ccc(NC(=O)c3ccc(Cl)c(Cl)c3)c(O)c2)cc1. The number of sulfone groups is 1. The molecule has 2 amide bonds. The average Bonchev–Trinajstić information content (AvgIpc) is 2.94. The molecule has 8 nitrogen and oxygen atoms in total. The van der Waals surface area contributed by atoms with Gasteiger partial charge in [-0.15, -0.1) is 0 Å². The number of hydrogen-bond acceptors (Lipinski definition) is 6. The number of carbonyl (C=O) groups excluding carboxylic acids is 2. The predicted octanol–water partition coefficient (Wildman–Crippen LogP) is 7.35. The minimum Gasteiger partial charge on any atom is -0.506 e. The van der Waals surface area contributed by atoms with E-state index in [1.807, 2.05) is 0 Å². The number of unbranched alkanes of at least 4 members (excludes halogenated alkanes) is 1. The Balaban J connectivity index is 1.66. The maximum atomic E-state index is 13.3. The molecule has 3 rings (SSSR count). The van der Waals surface area contributed by atoms with Crippen molar-refractivity contribution in [2.75, 3.05) is 17.2 Å². The van der Waals surface area contributed by atoms with Crippen molar-refractivity contribution in [3.63, 3.8) is 0 Å². The summed E-state index contributed by atoms with van der Waals surface area (Å²) in [6.07, 6.45) is 3.34. The van der Waals surface area contributed by atoms with Crippen molar-refractivity contribution >= 4 is 56.2 Å². The van der Waals surface area contributed by atoms with E-state index in [2.05, 4.69) is 24.5 Å². The lowest BCUT2D eigenvalue weighted by atomic mass is 10.1. The summed E-state index contributed by atoms with van der Waals surface area (Å²) in [6.45, 7) is 6.40. The van der Waals surface area contributed by atoms with E-state index in [0.29, 0.717) is 23.3 Å². The third kappa shape index (κ3) is 8.61. The standard InChI is InChI=1S/C30H34Cl2N2O6S/c1-4-6-7-19(3)18-40-22-10-12-23(13-11-22)41(38,39)28(5-2)30(37)33-21-9-15-26(27(35)17-21)34-29(36)20-8-14-24(31)25(32)16-20/h8-17,19,28,35H,4-7,18H2,1-3H3,(H,33,37)(H,34,36). The lowest BCUT2D eigenvalue weighted by molar-refractivity contribution is -0.115. The first kappa shape index (κ1) is 32.2. The smallest absolute Gasteiger partial charge is 0.255 e. The van der Waals surface area contributed by atoms with Gasteiger partial charge in [0.1, 0.15) is 16.7 Å². The van der Waals surface area contributed by atoms with Crippen LogP contribution in [-0.4, -0.2) is 37.2 Å². The van der Waals surface area contributed by atoms with E-state index in [9.17, 15) is 23.1 Å². The fourth-order valence-electron chi connectivity index (χ4n) is 4.08. The maximum Gasteiger partial charge on any atom is 0.255 e. The zero-order valence-corrected chi connectivity index (χ0v) is 25.4. The Morgan fingerprint density at radius 3 is 2.27 bits per heavy atom. The summed E-state index contributed by atoms with van der Waals surface area (Å²) in [7, 11) is -4.01. The van der Waals surface area contributed by atoms with Crippen molar-refractivity contribution in [3.8, 4) is 11.5 Å². The van der Waals surface area contributed by atoms with Crippen LogP contribution in [0.15, 0.2) is 65.6 Å². The molecule has 0 aliphatic heterocycles. The molecule has 0 saturated heterocycles. The lowest BCUT2D eigenvalue weighted by Gasteiger charge is -2.17. The number of nitrogens with one attached hydrogen (secondary N) is 2. The van der Waals surface area contributed by atoms with Gasteiger partial charge in [0, 0.05) is 17.3 Å². The van der Waals surface area contributed by atoms with Gasteiger partial charge in [-0.3, -0.25) is 9.59 Å². The minimum atomic E-state index is -4.01. The highest BCUT2D eigenvalue weighted by molar-refractivity contribution is 7.92. The Morgan fingerprint density at radius 2 is 1.66 bits per heavy atom. The van der Waals surface area contributed by atoms with Crippen molar-refractivity contribution in [3.05, 3.63) is 76.3 Å². The van der Waals surface area contributed by atoms with Crippen molar-refractivity contribution in [1.82, 2.24) is 0 Å². The summed E-state index contributed by atoms with van der Waals surface area (Å²) in [5, 5.41) is 14.7. The zero-order valence-electron chi connectivity index (χ0n) is 23.1. The van der Waals surface area contributed by atoms with Gasteiger partial charge in [-0.05, 0) is 73.4 Å². The molecule has 0 radical (unpaired) electrons. The molecule has 3 aromatic carbocycles. The molecule has 0 aromatic heterocycles. The molecule has 0 aliphatic rings. The van der Waals surface area contributed by atoms with Crippen molar-refractivity contribution < 1.29 is 27.9 Å². The number of aromatic hydroxyl groups is 1. The van der Waals surface area contributed by atoms with Gasteiger partial charge in [0.05, 0.1) is 27.2 Å². The molecule has 3 N–H and O–H groups in total. The van der Waals surface area contributed by atoms with Gasteiger partial charge in [-0.1, -0.05) is 56.8 Å². The van der Waals surface area contributed by atoms with Gasteiger partial charge in [-0.2, -0.15) is 0 Å². The maximum absolute atomic E-state index is 13.3. The third-order valence-corrected chi connectivity index (χ3v) is 9.44. The van der Waals surface area contributed by atoms with Crippen LogP contribution in [0, 0.1) is 5.92 Å². The molecule has 2 atom stereocenters. The summed E-state index contributed by atoms with van der Waals surface area (Å²) >= 11 is 11.8. The largest absolute Gasteiger partial charge is 0.506 e. The number of rotatable bonds is 13. The molecule has 3 aromatic rings. The minimum absolute atomic E-state index is 0.00842. The second-order valence-electron chi connectivity index (χ2n) is 9.78. The van der Waals surface area contributed by atoms with Crippen LogP contribution in [0.25, 0.3) is 0 Å². The molecule has 2 unspecified atom stereocenters. The van der Waals surface area contributed by atoms with Gasteiger partial charge < -0.3 is 20.5 Å². The highest BCUT2D eigenvalue weighted by atomic mass is 35.5. The van der Waals surface area contributed by atoms with Crippen LogP contribution in [0.1, 0.15) is 56.8 Å². The van der Waals surface area contributed by atoms with Gasteiger partial charge in [0.2, 0.25) is 5.91 Å². The van der Waals surface area contributed by atoms with Crippen LogP contribution >= 0.6 is 23.2 Å². The first-order valence-corrected chi connectivity index (χ1v) is 15.6. The van der Waals surface area contributed by atoms with Crippen LogP contribution in [0.5, 0.6) is 11.5 Å². The van der Waals surface area contributed by atoms with E-state index in [4.69, 9.17) is 27.9 Å². The normalized spacial score (nSPS) is 12.8. The number of amides is 2. The molecule has 0 spiro atoms. The highest BCUT2D eigenvalue weighted by Crippen LogP contribution is 2.29. The molecule has 0 fully saturated rings. The van der Waals surface area contributed by atoms with E-state index in [0.717, 1.165) is 19.3 Å². The number of halogens is 2. The number of carbonyl (C=O) groups is 2. The molecule has 220 valence electrons. The fraction of sp³-hybridized carbons (Fsp3) is 0.333. The average molecular weight is 622 g/mol. The van der Waals surface area contributed by atoms with Gasteiger partial charge >= 0.3 is 0 Å². The second-order valence-corrected chi connectivity index (χ2v) is 12.7. The van der Waals surface area contributed by atoms with Crippen molar-refractivity contribution in [2.24, 2.45) is 5.92 Å². The Bertz CT molecular complexity index is 1480. The zero-order chi connectivity index (χ0) is 30.2. The van der Waals surface area contributed by atoms with Crippen LogP contribution in [0.4, 0.5) is 11.4 Å². The lowest BCUT2D eigenvalue weighted by Crippen LogP contribution is -2.34. The summed E-state index contributed by atoms with van der Waals surface area (Å²) < 4.78 is 32.4.